The second-order valence-corrected chi connectivity index (χ2v) is 4.26. The molecule has 2 saturated carbocycles. The van der Waals surface area contributed by atoms with E-state index in [1.165, 1.54) is 0 Å². The summed E-state index contributed by atoms with van der Waals surface area (Å²) in [5.74, 6) is -0.743. The normalized spacial score (nSPS) is 25.2. The predicted molar refractivity (Wildman–Crippen MR) is 46.1 cm³/mol. The van der Waals surface area contributed by atoms with Gasteiger partial charge in [0.1, 0.15) is 0 Å². The lowest BCUT2D eigenvalue weighted by atomic mass is 10.0. The molecular formula is C10H11F3O2. The number of halogens is 3. The Hall–Kier alpha value is -0.840. The topological polar surface area (TPSA) is 37.3 Å². The van der Waals surface area contributed by atoms with Crippen LogP contribution < -0.4 is 0 Å². The van der Waals surface area contributed by atoms with Crippen molar-refractivity contribution < 1.29 is 23.1 Å². The summed E-state index contributed by atoms with van der Waals surface area (Å²) in [5.41, 5.74) is -2.85. The van der Waals surface area contributed by atoms with Gasteiger partial charge in [0.25, 0.3) is 0 Å². The van der Waals surface area contributed by atoms with Crippen LogP contribution in [0.15, 0.2) is 11.6 Å². The first-order valence-corrected chi connectivity index (χ1v) is 4.88. The zero-order chi connectivity index (χ0) is 11.3. The van der Waals surface area contributed by atoms with Gasteiger partial charge in [-0.2, -0.15) is 13.2 Å². The van der Waals surface area contributed by atoms with E-state index in [9.17, 15) is 23.1 Å². The standard InChI is InChI=1S/C10H11F3O2/c11-10(12,13)8(9(15)3-4-9)5-7(14)6-1-2-6/h5-6,15H,1-4H2/b8-5+. The lowest BCUT2D eigenvalue weighted by Crippen LogP contribution is -2.26. The van der Waals surface area contributed by atoms with Gasteiger partial charge in [0.2, 0.25) is 0 Å². The van der Waals surface area contributed by atoms with Crippen LogP contribution in [-0.2, 0) is 4.79 Å². The number of ketones is 1. The minimum Gasteiger partial charge on any atom is -0.385 e. The average Bonchev–Trinajstić information content (AvgIpc) is 2.90. The van der Waals surface area contributed by atoms with Crippen LogP contribution in [0.25, 0.3) is 0 Å². The largest absolute Gasteiger partial charge is 0.415 e. The van der Waals surface area contributed by atoms with Gasteiger partial charge in [-0.1, -0.05) is 0 Å². The highest BCUT2D eigenvalue weighted by molar-refractivity contribution is 5.94. The maximum atomic E-state index is 12.5. The quantitative estimate of drug-likeness (QED) is 0.738. The zero-order valence-electron chi connectivity index (χ0n) is 7.97. The van der Waals surface area contributed by atoms with Crippen LogP contribution in [-0.4, -0.2) is 22.7 Å². The highest BCUT2D eigenvalue weighted by Gasteiger charge is 2.55. The van der Waals surface area contributed by atoms with E-state index in [0.29, 0.717) is 18.9 Å². The maximum Gasteiger partial charge on any atom is 0.415 e. The van der Waals surface area contributed by atoms with Crippen LogP contribution >= 0.6 is 0 Å². The van der Waals surface area contributed by atoms with Crippen molar-refractivity contribution in [2.45, 2.75) is 37.5 Å². The molecule has 0 amide bonds. The third kappa shape index (κ3) is 2.22. The summed E-state index contributed by atoms with van der Waals surface area (Å²) in [6.07, 6.45) is -2.48. The van der Waals surface area contributed by atoms with Gasteiger partial charge in [0, 0.05) is 5.92 Å². The fraction of sp³-hybridized carbons (Fsp3) is 0.700. The molecule has 15 heavy (non-hydrogen) atoms. The van der Waals surface area contributed by atoms with Crippen LogP contribution in [0.2, 0.25) is 0 Å². The number of hydrogen-bond acceptors (Lipinski definition) is 2. The summed E-state index contributed by atoms with van der Waals surface area (Å²) >= 11 is 0. The third-order valence-corrected chi connectivity index (χ3v) is 2.80. The molecule has 0 aromatic rings. The molecule has 0 unspecified atom stereocenters. The molecule has 0 spiro atoms. The number of carbonyl (C=O) groups is 1. The lowest BCUT2D eigenvalue weighted by Gasteiger charge is -2.16. The van der Waals surface area contributed by atoms with E-state index in [2.05, 4.69) is 0 Å². The maximum absolute atomic E-state index is 12.5. The predicted octanol–water partition coefficient (Wildman–Crippen LogP) is 1.98. The SMILES string of the molecule is O=C(/C=C(/C(F)(F)F)C1(O)CC1)C1CC1. The Kier molecular flexibility index (Phi) is 2.19. The van der Waals surface area contributed by atoms with Crippen LogP contribution in [0, 0.1) is 5.92 Å². The van der Waals surface area contributed by atoms with Crippen molar-refractivity contribution in [2.75, 3.05) is 0 Å². The summed E-state index contributed by atoms with van der Waals surface area (Å²) in [6, 6.07) is 0. The van der Waals surface area contributed by atoms with E-state index in [0.717, 1.165) is 0 Å². The molecule has 0 heterocycles. The molecule has 2 aliphatic rings. The first kappa shape index (κ1) is 10.7. The number of allylic oxidation sites excluding steroid dienone is 1. The van der Waals surface area contributed by atoms with Gasteiger partial charge in [-0.05, 0) is 31.8 Å². The fourth-order valence-corrected chi connectivity index (χ4v) is 1.50. The Balaban J connectivity index is 2.21. The summed E-state index contributed by atoms with van der Waals surface area (Å²) in [4.78, 5) is 11.2. The summed E-state index contributed by atoms with van der Waals surface area (Å²) < 4.78 is 37.6. The lowest BCUT2D eigenvalue weighted by molar-refractivity contribution is -0.120. The summed E-state index contributed by atoms with van der Waals surface area (Å²) in [7, 11) is 0. The van der Waals surface area contributed by atoms with Crippen LogP contribution in [0.1, 0.15) is 25.7 Å². The first-order valence-electron chi connectivity index (χ1n) is 4.88. The Morgan fingerprint density at radius 2 is 1.87 bits per heavy atom. The van der Waals surface area contributed by atoms with Crippen LogP contribution in [0.3, 0.4) is 0 Å². The molecule has 84 valence electrons. The minimum absolute atomic E-state index is 0.0935. The Morgan fingerprint density at radius 3 is 2.20 bits per heavy atom. The summed E-state index contributed by atoms with van der Waals surface area (Å²) in [6.45, 7) is 0. The van der Waals surface area contributed by atoms with Crippen LogP contribution in [0.5, 0.6) is 0 Å². The Morgan fingerprint density at radius 1 is 1.33 bits per heavy atom. The molecule has 0 aliphatic heterocycles. The molecule has 2 rings (SSSR count). The molecule has 0 bridgehead atoms. The van der Waals surface area contributed by atoms with E-state index in [1.807, 2.05) is 0 Å². The number of carbonyl (C=O) groups excluding carboxylic acids is 1. The van der Waals surface area contributed by atoms with E-state index >= 15 is 0 Å². The third-order valence-electron chi connectivity index (χ3n) is 2.80. The highest BCUT2D eigenvalue weighted by Crippen LogP contribution is 2.49. The van der Waals surface area contributed by atoms with Gasteiger partial charge in [0.15, 0.2) is 5.78 Å². The van der Waals surface area contributed by atoms with Crippen molar-refractivity contribution in [3.8, 4) is 0 Å². The van der Waals surface area contributed by atoms with Crippen molar-refractivity contribution >= 4 is 5.78 Å². The van der Waals surface area contributed by atoms with E-state index in [4.69, 9.17) is 0 Å². The molecule has 1 N–H and O–H groups in total. The minimum atomic E-state index is -4.60. The average molecular weight is 220 g/mol. The first-order chi connectivity index (χ1) is 6.83. The van der Waals surface area contributed by atoms with Crippen molar-refractivity contribution in [3.63, 3.8) is 0 Å². The van der Waals surface area contributed by atoms with Gasteiger partial charge in [0.05, 0.1) is 11.2 Å². The molecule has 0 aromatic heterocycles. The molecule has 0 atom stereocenters. The van der Waals surface area contributed by atoms with Gasteiger partial charge in [-0.15, -0.1) is 0 Å². The monoisotopic (exact) mass is 220 g/mol. The van der Waals surface area contributed by atoms with E-state index in [1.54, 1.807) is 0 Å². The number of aliphatic hydroxyl groups is 1. The summed E-state index contributed by atoms with van der Waals surface area (Å²) in [5, 5.41) is 9.43. The van der Waals surface area contributed by atoms with E-state index in [-0.39, 0.29) is 18.8 Å². The van der Waals surface area contributed by atoms with E-state index < -0.39 is 23.1 Å². The highest BCUT2D eigenvalue weighted by atomic mass is 19.4. The number of rotatable bonds is 3. The van der Waals surface area contributed by atoms with Gasteiger partial charge in [-0.25, -0.2) is 0 Å². The Labute approximate surface area is 84.8 Å². The molecule has 5 heteroatoms. The fourth-order valence-electron chi connectivity index (χ4n) is 1.50. The molecule has 0 radical (unpaired) electrons. The molecular weight excluding hydrogens is 209 g/mol. The van der Waals surface area contributed by atoms with Crippen molar-refractivity contribution in [1.82, 2.24) is 0 Å². The van der Waals surface area contributed by atoms with Crippen molar-refractivity contribution in [2.24, 2.45) is 5.92 Å². The molecule has 0 aromatic carbocycles. The number of hydrogen-bond donors (Lipinski definition) is 1. The second kappa shape index (κ2) is 3.07. The second-order valence-electron chi connectivity index (χ2n) is 4.26. The molecule has 2 nitrogen and oxygen atoms in total. The molecule has 2 fully saturated rings. The van der Waals surface area contributed by atoms with Crippen LogP contribution in [0.4, 0.5) is 13.2 Å². The Bertz CT molecular complexity index is 315. The molecule has 2 aliphatic carbocycles. The molecule has 0 saturated heterocycles. The van der Waals surface area contributed by atoms with Crippen molar-refractivity contribution in [3.05, 3.63) is 11.6 Å². The van der Waals surface area contributed by atoms with Gasteiger partial charge in [-0.3, -0.25) is 4.79 Å². The van der Waals surface area contributed by atoms with Gasteiger partial charge < -0.3 is 5.11 Å². The number of alkyl halides is 3. The smallest absolute Gasteiger partial charge is 0.385 e. The van der Waals surface area contributed by atoms with Crippen molar-refractivity contribution in [1.29, 1.82) is 0 Å². The zero-order valence-corrected chi connectivity index (χ0v) is 7.97. The van der Waals surface area contributed by atoms with Gasteiger partial charge >= 0.3 is 6.18 Å².